The first kappa shape index (κ1) is 12.1. The predicted octanol–water partition coefficient (Wildman–Crippen LogP) is 2.03. The quantitative estimate of drug-likeness (QED) is 0.858. The van der Waals surface area contributed by atoms with Gasteiger partial charge in [-0.15, -0.1) is 0 Å². The van der Waals surface area contributed by atoms with Gasteiger partial charge in [-0.2, -0.15) is 0 Å². The minimum absolute atomic E-state index is 0.302. The highest BCUT2D eigenvalue weighted by atomic mass is 127. The van der Waals surface area contributed by atoms with Gasteiger partial charge in [0.05, 0.1) is 12.7 Å². The largest absolute Gasteiger partial charge is 0.382 e. The SMILES string of the molecule is CN1CCOC(CNc2cccc(I)c2)C1. The Kier molecular flexibility index (Phi) is 4.43. The summed E-state index contributed by atoms with van der Waals surface area (Å²) in [7, 11) is 2.14. The molecule has 3 nitrogen and oxygen atoms in total. The third-order valence-corrected chi connectivity index (χ3v) is 3.37. The number of likely N-dealkylation sites (N-methyl/N-ethyl adjacent to an activating group) is 1. The van der Waals surface area contributed by atoms with Crippen LogP contribution < -0.4 is 5.32 Å². The minimum atomic E-state index is 0.302. The fraction of sp³-hybridized carbons (Fsp3) is 0.500. The average Bonchev–Trinajstić information content (AvgIpc) is 2.27. The topological polar surface area (TPSA) is 24.5 Å². The average molecular weight is 332 g/mol. The first-order chi connectivity index (χ1) is 7.74. The maximum atomic E-state index is 5.69. The maximum Gasteiger partial charge on any atom is 0.0874 e. The molecule has 0 aliphatic carbocycles. The van der Waals surface area contributed by atoms with Gasteiger partial charge in [0, 0.05) is 28.9 Å². The summed E-state index contributed by atoms with van der Waals surface area (Å²) >= 11 is 2.32. The Morgan fingerprint density at radius 2 is 2.44 bits per heavy atom. The van der Waals surface area contributed by atoms with Crippen molar-refractivity contribution in [3.05, 3.63) is 27.8 Å². The van der Waals surface area contributed by atoms with Crippen molar-refractivity contribution < 1.29 is 4.74 Å². The van der Waals surface area contributed by atoms with E-state index in [-0.39, 0.29) is 0 Å². The number of ether oxygens (including phenoxy) is 1. The zero-order valence-corrected chi connectivity index (χ0v) is 11.6. The van der Waals surface area contributed by atoms with Crippen LogP contribution in [0.3, 0.4) is 0 Å². The molecule has 88 valence electrons. The number of hydrogen-bond acceptors (Lipinski definition) is 3. The van der Waals surface area contributed by atoms with E-state index in [9.17, 15) is 0 Å². The van der Waals surface area contributed by atoms with Gasteiger partial charge in [-0.3, -0.25) is 0 Å². The van der Waals surface area contributed by atoms with Crippen LogP contribution in [0, 0.1) is 3.57 Å². The molecule has 1 aromatic carbocycles. The van der Waals surface area contributed by atoms with Gasteiger partial charge in [-0.25, -0.2) is 0 Å². The summed E-state index contributed by atoms with van der Waals surface area (Å²) in [6.45, 7) is 3.77. The fourth-order valence-electron chi connectivity index (χ4n) is 1.82. The van der Waals surface area contributed by atoms with Gasteiger partial charge >= 0.3 is 0 Å². The van der Waals surface area contributed by atoms with Gasteiger partial charge in [0.2, 0.25) is 0 Å². The Hall–Kier alpha value is -0.330. The van der Waals surface area contributed by atoms with E-state index in [2.05, 4.69) is 64.1 Å². The van der Waals surface area contributed by atoms with E-state index in [1.165, 1.54) is 9.26 Å². The molecule has 0 aromatic heterocycles. The number of morpholine rings is 1. The minimum Gasteiger partial charge on any atom is -0.382 e. The van der Waals surface area contributed by atoms with Crippen LogP contribution in [0.25, 0.3) is 0 Å². The van der Waals surface area contributed by atoms with Gasteiger partial charge in [0.1, 0.15) is 0 Å². The summed E-state index contributed by atoms with van der Waals surface area (Å²) in [6.07, 6.45) is 0.302. The van der Waals surface area contributed by atoms with Crippen molar-refractivity contribution in [3.8, 4) is 0 Å². The van der Waals surface area contributed by atoms with Crippen LogP contribution in [0.15, 0.2) is 24.3 Å². The standard InChI is InChI=1S/C12H17IN2O/c1-15-5-6-16-12(9-15)8-14-11-4-2-3-10(13)7-11/h2-4,7,12,14H,5-6,8-9H2,1H3. The zero-order chi connectivity index (χ0) is 11.4. The summed E-state index contributed by atoms with van der Waals surface area (Å²) in [5.41, 5.74) is 1.17. The van der Waals surface area contributed by atoms with E-state index in [0.717, 1.165) is 26.2 Å². The molecule has 1 aliphatic heterocycles. The number of halogens is 1. The summed E-state index contributed by atoms with van der Waals surface area (Å²) in [6, 6.07) is 8.40. The van der Waals surface area contributed by atoms with Gasteiger partial charge in [-0.1, -0.05) is 6.07 Å². The number of nitrogens with one attached hydrogen (secondary N) is 1. The Labute approximate surface area is 110 Å². The van der Waals surface area contributed by atoms with Crippen LogP contribution in [0.4, 0.5) is 5.69 Å². The molecule has 1 saturated heterocycles. The maximum absolute atomic E-state index is 5.69. The van der Waals surface area contributed by atoms with Crippen LogP contribution in [0.1, 0.15) is 0 Å². The lowest BCUT2D eigenvalue weighted by molar-refractivity contribution is -0.0117. The van der Waals surface area contributed by atoms with Crippen LogP contribution >= 0.6 is 22.6 Å². The lowest BCUT2D eigenvalue weighted by atomic mass is 10.2. The van der Waals surface area contributed by atoms with Crippen LogP contribution in [0.2, 0.25) is 0 Å². The van der Waals surface area contributed by atoms with Crippen molar-refractivity contribution in [3.63, 3.8) is 0 Å². The van der Waals surface area contributed by atoms with Crippen LogP contribution in [-0.4, -0.2) is 44.3 Å². The van der Waals surface area contributed by atoms with Crippen molar-refractivity contribution >= 4 is 28.3 Å². The zero-order valence-electron chi connectivity index (χ0n) is 9.45. The molecule has 0 amide bonds. The molecule has 0 radical (unpaired) electrons. The molecule has 16 heavy (non-hydrogen) atoms. The highest BCUT2D eigenvalue weighted by Crippen LogP contribution is 2.13. The van der Waals surface area contributed by atoms with E-state index in [0.29, 0.717) is 6.10 Å². The number of nitrogens with zero attached hydrogens (tertiary/aromatic N) is 1. The molecule has 1 fully saturated rings. The first-order valence-electron chi connectivity index (χ1n) is 5.53. The second-order valence-electron chi connectivity index (χ2n) is 4.15. The third-order valence-electron chi connectivity index (χ3n) is 2.70. The second kappa shape index (κ2) is 5.84. The Morgan fingerprint density at radius 3 is 3.19 bits per heavy atom. The van der Waals surface area contributed by atoms with Crippen molar-refractivity contribution in [1.82, 2.24) is 4.90 Å². The highest BCUT2D eigenvalue weighted by molar-refractivity contribution is 14.1. The first-order valence-corrected chi connectivity index (χ1v) is 6.61. The monoisotopic (exact) mass is 332 g/mol. The summed E-state index contributed by atoms with van der Waals surface area (Å²) in [5.74, 6) is 0. The molecule has 0 bridgehead atoms. The van der Waals surface area contributed by atoms with Crippen molar-refractivity contribution in [2.24, 2.45) is 0 Å². The molecule has 4 heteroatoms. The summed E-state index contributed by atoms with van der Waals surface area (Å²) < 4.78 is 6.95. The molecule has 1 aromatic rings. The molecule has 1 aliphatic rings. The predicted molar refractivity (Wildman–Crippen MR) is 74.9 cm³/mol. The Morgan fingerprint density at radius 1 is 1.56 bits per heavy atom. The lowest BCUT2D eigenvalue weighted by Crippen LogP contribution is -2.43. The number of anilines is 1. The van der Waals surface area contributed by atoms with Crippen molar-refractivity contribution in [2.75, 3.05) is 38.6 Å². The smallest absolute Gasteiger partial charge is 0.0874 e. The van der Waals surface area contributed by atoms with Crippen LogP contribution in [-0.2, 0) is 4.74 Å². The number of rotatable bonds is 3. The Bertz CT molecular complexity index is 346. The van der Waals surface area contributed by atoms with Crippen LogP contribution in [0.5, 0.6) is 0 Å². The van der Waals surface area contributed by atoms with Gasteiger partial charge in [0.15, 0.2) is 0 Å². The molecule has 0 spiro atoms. The van der Waals surface area contributed by atoms with E-state index in [1.54, 1.807) is 0 Å². The van der Waals surface area contributed by atoms with E-state index < -0.39 is 0 Å². The van der Waals surface area contributed by atoms with Gasteiger partial charge in [-0.05, 0) is 47.8 Å². The third kappa shape index (κ3) is 3.61. The summed E-state index contributed by atoms with van der Waals surface area (Å²) in [5, 5.41) is 3.42. The molecule has 2 rings (SSSR count). The molecular weight excluding hydrogens is 315 g/mol. The fourth-order valence-corrected chi connectivity index (χ4v) is 2.36. The molecular formula is C12H17IN2O. The van der Waals surface area contributed by atoms with E-state index in [1.807, 2.05) is 0 Å². The summed E-state index contributed by atoms with van der Waals surface area (Å²) in [4.78, 5) is 2.31. The highest BCUT2D eigenvalue weighted by Gasteiger charge is 2.16. The number of hydrogen-bond donors (Lipinski definition) is 1. The Balaban J connectivity index is 1.82. The van der Waals surface area contributed by atoms with E-state index >= 15 is 0 Å². The molecule has 1 N–H and O–H groups in total. The second-order valence-corrected chi connectivity index (χ2v) is 5.39. The number of benzene rings is 1. The van der Waals surface area contributed by atoms with E-state index in [4.69, 9.17) is 4.74 Å². The van der Waals surface area contributed by atoms with Crippen molar-refractivity contribution in [1.29, 1.82) is 0 Å². The van der Waals surface area contributed by atoms with Gasteiger partial charge < -0.3 is 15.0 Å². The molecule has 1 heterocycles. The molecule has 1 unspecified atom stereocenters. The normalized spacial score (nSPS) is 22.0. The molecule has 0 saturated carbocycles. The van der Waals surface area contributed by atoms with Crippen molar-refractivity contribution in [2.45, 2.75) is 6.10 Å². The molecule has 1 atom stereocenters. The van der Waals surface area contributed by atoms with Gasteiger partial charge in [0.25, 0.3) is 0 Å². The lowest BCUT2D eigenvalue weighted by Gasteiger charge is -2.30.